The number of ether oxygens (including phenoxy) is 1. The molecule has 0 saturated heterocycles. The van der Waals surface area contributed by atoms with Crippen LogP contribution in [-0.2, 0) is 11.7 Å². The predicted molar refractivity (Wildman–Crippen MR) is 123 cm³/mol. The monoisotopic (exact) mass is 498 g/mol. The number of benzene rings is 3. The Hall–Kier alpha value is -3.92. The fraction of sp³-hybridized carbons (Fsp3) is 0.160. The first-order valence-electron chi connectivity index (χ1n) is 10.6. The number of nitrogens with zero attached hydrogens (tertiary/aromatic N) is 1. The molecule has 178 valence electrons. The summed E-state index contributed by atoms with van der Waals surface area (Å²) in [6, 6.07) is 15.8. The lowest BCUT2D eigenvalue weighted by Crippen LogP contribution is -2.35. The van der Waals surface area contributed by atoms with Crippen molar-refractivity contribution in [3.05, 3.63) is 89.1 Å². The fourth-order valence-corrected chi connectivity index (χ4v) is 4.65. The van der Waals surface area contributed by atoms with Gasteiger partial charge in [-0.2, -0.15) is 17.5 Å². The number of carbonyl (C=O) groups excluding carboxylic acids is 1. The minimum Gasteiger partial charge on any atom is -0.478 e. The van der Waals surface area contributed by atoms with Crippen molar-refractivity contribution < 1.29 is 32.6 Å². The third-order valence-corrected chi connectivity index (χ3v) is 6.68. The molecule has 0 bridgehead atoms. The highest BCUT2D eigenvalue weighted by Gasteiger charge is 2.46. The maximum absolute atomic E-state index is 13.2. The molecule has 35 heavy (non-hydrogen) atoms. The number of alkyl halides is 3. The van der Waals surface area contributed by atoms with Gasteiger partial charge < -0.3 is 15.2 Å². The summed E-state index contributed by atoms with van der Waals surface area (Å²) in [5, 5.41) is 12.6. The van der Waals surface area contributed by atoms with Crippen molar-refractivity contribution in [1.29, 1.82) is 0 Å². The molecule has 0 atom stereocenters. The molecule has 5 rings (SSSR count). The zero-order valence-electron chi connectivity index (χ0n) is 17.9. The van der Waals surface area contributed by atoms with Crippen LogP contribution in [0.5, 0.6) is 11.5 Å². The Morgan fingerprint density at radius 1 is 1.00 bits per heavy atom. The maximum atomic E-state index is 13.2. The number of amides is 1. The van der Waals surface area contributed by atoms with E-state index in [9.17, 15) is 22.8 Å². The van der Waals surface area contributed by atoms with Gasteiger partial charge in [0.15, 0.2) is 5.69 Å². The fourth-order valence-electron chi connectivity index (χ4n) is 3.86. The number of hydrogen-bond donors (Lipinski definition) is 2. The van der Waals surface area contributed by atoms with Crippen LogP contribution in [0, 0.1) is 0 Å². The van der Waals surface area contributed by atoms with Crippen LogP contribution < -0.4 is 10.1 Å². The normalized spacial score (nSPS) is 14.5. The van der Waals surface area contributed by atoms with Crippen molar-refractivity contribution in [1.82, 2.24) is 9.69 Å². The van der Waals surface area contributed by atoms with Crippen LogP contribution >= 0.6 is 11.5 Å². The number of nitrogens with one attached hydrogen (secondary N) is 1. The standard InChI is InChI=1S/C25H17F3N2O4S/c26-25(27,28)16-8-10-17(11-9-16)34-18-2-1-3-19-20(18)21(30-35-19)22(31)29-24(12-13-24)15-6-4-14(5-7-15)23(32)33/h1-11H,12-13H2,(H,29,31)(H,32,33). The van der Waals surface area contributed by atoms with Gasteiger partial charge in [0.05, 0.1) is 26.8 Å². The molecule has 1 saturated carbocycles. The number of hydrogen-bond acceptors (Lipinski definition) is 5. The zero-order chi connectivity index (χ0) is 24.8. The molecular formula is C25H17F3N2O4S. The van der Waals surface area contributed by atoms with Gasteiger partial charge in [-0.1, -0.05) is 18.2 Å². The molecule has 6 nitrogen and oxygen atoms in total. The van der Waals surface area contributed by atoms with Gasteiger partial charge in [-0.3, -0.25) is 4.79 Å². The number of halogens is 3. The smallest absolute Gasteiger partial charge is 0.416 e. The third kappa shape index (κ3) is 4.44. The molecule has 0 unspecified atom stereocenters. The van der Waals surface area contributed by atoms with Crippen molar-refractivity contribution in [3.8, 4) is 11.5 Å². The van der Waals surface area contributed by atoms with Gasteiger partial charge in [0, 0.05) is 0 Å². The number of aromatic nitrogens is 1. The lowest BCUT2D eigenvalue weighted by atomic mass is 10.0. The number of carbonyl (C=O) groups is 2. The molecule has 2 N–H and O–H groups in total. The van der Waals surface area contributed by atoms with Crippen LogP contribution in [0.2, 0.25) is 0 Å². The molecule has 1 amide bonds. The van der Waals surface area contributed by atoms with E-state index in [0.29, 0.717) is 28.7 Å². The van der Waals surface area contributed by atoms with Crippen LogP contribution in [0.15, 0.2) is 66.7 Å². The molecule has 1 fully saturated rings. The van der Waals surface area contributed by atoms with Gasteiger partial charge in [-0.25, -0.2) is 4.79 Å². The van der Waals surface area contributed by atoms with E-state index < -0.39 is 29.2 Å². The summed E-state index contributed by atoms with van der Waals surface area (Å²) in [6.45, 7) is 0. The maximum Gasteiger partial charge on any atom is 0.416 e. The van der Waals surface area contributed by atoms with Gasteiger partial charge in [0.25, 0.3) is 5.91 Å². The van der Waals surface area contributed by atoms with Gasteiger partial charge in [0.2, 0.25) is 0 Å². The van der Waals surface area contributed by atoms with Crippen LogP contribution in [0.3, 0.4) is 0 Å². The Balaban J connectivity index is 1.41. The van der Waals surface area contributed by atoms with Crippen molar-refractivity contribution in [2.24, 2.45) is 0 Å². The van der Waals surface area contributed by atoms with Crippen LogP contribution in [0.4, 0.5) is 13.2 Å². The molecule has 0 aliphatic heterocycles. The van der Waals surface area contributed by atoms with E-state index in [1.54, 1.807) is 30.3 Å². The average Bonchev–Trinajstić information content (AvgIpc) is 3.47. The summed E-state index contributed by atoms with van der Waals surface area (Å²) >= 11 is 1.12. The first-order valence-corrected chi connectivity index (χ1v) is 11.3. The number of carboxylic acids is 1. The second kappa shape index (κ2) is 8.38. The van der Waals surface area contributed by atoms with E-state index in [1.165, 1.54) is 24.3 Å². The van der Waals surface area contributed by atoms with Gasteiger partial charge in [-0.05, 0) is 78.5 Å². The van der Waals surface area contributed by atoms with E-state index in [-0.39, 0.29) is 17.0 Å². The highest BCUT2D eigenvalue weighted by molar-refractivity contribution is 7.13. The third-order valence-electron chi connectivity index (χ3n) is 5.87. The van der Waals surface area contributed by atoms with Crippen molar-refractivity contribution in [2.75, 3.05) is 0 Å². The van der Waals surface area contributed by atoms with Crippen LogP contribution in [-0.4, -0.2) is 21.4 Å². The Labute approximate surface area is 201 Å². The number of fused-ring (bicyclic) bond motifs is 1. The second-order valence-corrected chi connectivity index (χ2v) is 9.01. The molecule has 1 aliphatic rings. The molecule has 1 heterocycles. The summed E-state index contributed by atoms with van der Waals surface area (Å²) in [5.74, 6) is -0.948. The molecule has 0 spiro atoms. The lowest BCUT2D eigenvalue weighted by Gasteiger charge is -2.18. The van der Waals surface area contributed by atoms with E-state index in [0.717, 1.165) is 29.2 Å². The lowest BCUT2D eigenvalue weighted by molar-refractivity contribution is -0.137. The summed E-state index contributed by atoms with van der Waals surface area (Å²) < 4.78 is 49.4. The largest absolute Gasteiger partial charge is 0.478 e. The highest BCUT2D eigenvalue weighted by atomic mass is 32.1. The van der Waals surface area contributed by atoms with E-state index in [1.807, 2.05) is 0 Å². The number of aromatic carboxylic acids is 1. The van der Waals surface area contributed by atoms with Crippen molar-refractivity contribution in [3.63, 3.8) is 0 Å². The minimum atomic E-state index is -4.45. The molecule has 1 aliphatic carbocycles. The Morgan fingerprint density at radius 3 is 2.29 bits per heavy atom. The summed E-state index contributed by atoms with van der Waals surface area (Å²) in [6.07, 6.45) is -3.06. The van der Waals surface area contributed by atoms with E-state index in [4.69, 9.17) is 9.84 Å². The minimum absolute atomic E-state index is 0.154. The second-order valence-electron chi connectivity index (χ2n) is 8.20. The van der Waals surface area contributed by atoms with Crippen LogP contribution in [0.1, 0.15) is 44.8 Å². The highest BCUT2D eigenvalue weighted by Crippen LogP contribution is 2.46. The Bertz CT molecular complexity index is 1430. The first kappa shape index (κ1) is 22.9. The quantitative estimate of drug-likeness (QED) is 0.329. The Kier molecular flexibility index (Phi) is 5.47. The number of rotatable bonds is 6. The molecule has 3 aromatic carbocycles. The predicted octanol–water partition coefficient (Wildman–Crippen LogP) is 6.22. The van der Waals surface area contributed by atoms with Gasteiger partial charge >= 0.3 is 12.1 Å². The van der Waals surface area contributed by atoms with E-state index >= 15 is 0 Å². The van der Waals surface area contributed by atoms with Gasteiger partial charge in [-0.15, -0.1) is 0 Å². The number of carboxylic acid groups (broad SMARTS) is 1. The molecule has 10 heteroatoms. The van der Waals surface area contributed by atoms with E-state index in [2.05, 4.69) is 9.69 Å². The molecule has 0 radical (unpaired) electrons. The summed E-state index contributed by atoms with van der Waals surface area (Å²) in [5.41, 5.74) is -0.275. The zero-order valence-corrected chi connectivity index (χ0v) is 18.7. The topological polar surface area (TPSA) is 88.5 Å². The SMILES string of the molecule is O=C(O)c1ccc(C2(NC(=O)c3nsc4cccc(Oc5ccc(C(F)(F)F)cc5)c34)CC2)cc1. The summed E-state index contributed by atoms with van der Waals surface area (Å²) in [4.78, 5) is 24.4. The van der Waals surface area contributed by atoms with Crippen molar-refractivity contribution in [2.45, 2.75) is 24.6 Å². The average molecular weight is 498 g/mol. The van der Waals surface area contributed by atoms with Crippen LogP contribution in [0.25, 0.3) is 10.1 Å². The van der Waals surface area contributed by atoms with Gasteiger partial charge in [0.1, 0.15) is 11.5 Å². The molecule has 4 aromatic rings. The van der Waals surface area contributed by atoms with Crippen molar-refractivity contribution >= 4 is 33.5 Å². The molecule has 1 aromatic heterocycles. The summed E-state index contributed by atoms with van der Waals surface area (Å²) in [7, 11) is 0. The first-order chi connectivity index (χ1) is 16.7. The molecular weight excluding hydrogens is 481 g/mol. The Morgan fingerprint density at radius 2 is 1.69 bits per heavy atom.